The van der Waals surface area contributed by atoms with E-state index in [0.717, 1.165) is 25.6 Å². The second-order valence-corrected chi connectivity index (χ2v) is 5.47. The van der Waals surface area contributed by atoms with Gasteiger partial charge in [0.15, 0.2) is 0 Å². The van der Waals surface area contributed by atoms with Crippen molar-refractivity contribution < 1.29 is 0 Å². The van der Waals surface area contributed by atoms with E-state index in [1.165, 1.54) is 50.6 Å². The molecular weight excluding hydrogens is 222 g/mol. The van der Waals surface area contributed by atoms with Crippen molar-refractivity contribution in [3.05, 3.63) is 18.2 Å². The minimum Gasteiger partial charge on any atom is -0.333 e. The Morgan fingerprint density at radius 2 is 2.06 bits per heavy atom. The summed E-state index contributed by atoms with van der Waals surface area (Å²) in [5.74, 6) is 0. The van der Waals surface area contributed by atoms with Crippen molar-refractivity contribution in [2.75, 3.05) is 6.54 Å². The molecule has 0 bridgehead atoms. The van der Waals surface area contributed by atoms with Crippen LogP contribution in [0.15, 0.2) is 12.5 Å². The predicted octanol–water partition coefficient (Wildman–Crippen LogP) is 3.15. The molecule has 18 heavy (non-hydrogen) atoms. The molecule has 1 aromatic heterocycles. The van der Waals surface area contributed by atoms with Gasteiger partial charge in [0, 0.05) is 31.0 Å². The summed E-state index contributed by atoms with van der Waals surface area (Å²) < 4.78 is 2.30. The number of aryl methyl sites for hydroxylation is 1. The minimum absolute atomic E-state index is 0.755. The topological polar surface area (TPSA) is 29.9 Å². The van der Waals surface area contributed by atoms with Gasteiger partial charge in [-0.3, -0.25) is 0 Å². The van der Waals surface area contributed by atoms with Crippen molar-refractivity contribution in [1.82, 2.24) is 14.9 Å². The molecule has 0 atom stereocenters. The molecule has 1 aromatic rings. The largest absolute Gasteiger partial charge is 0.333 e. The van der Waals surface area contributed by atoms with Crippen LogP contribution in [0.4, 0.5) is 0 Å². The van der Waals surface area contributed by atoms with Crippen LogP contribution in [0.2, 0.25) is 0 Å². The average molecular weight is 249 g/mol. The summed E-state index contributed by atoms with van der Waals surface area (Å²) >= 11 is 0. The Bertz CT molecular complexity index is 324. The maximum absolute atomic E-state index is 4.26. The lowest BCUT2D eigenvalue weighted by Gasteiger charge is -2.17. The maximum Gasteiger partial charge on any atom is 0.0948 e. The molecule has 0 aliphatic heterocycles. The van der Waals surface area contributed by atoms with Crippen LogP contribution in [-0.4, -0.2) is 22.1 Å². The molecule has 1 heterocycles. The molecule has 3 heteroatoms. The Hall–Kier alpha value is -0.830. The molecule has 1 aliphatic rings. The molecular formula is C15H27N3. The number of rotatable bonds is 6. The highest BCUT2D eigenvalue weighted by Crippen LogP contribution is 2.17. The number of hydrogen-bond acceptors (Lipinski definition) is 2. The number of aromatic nitrogens is 2. The van der Waals surface area contributed by atoms with E-state index in [2.05, 4.69) is 21.8 Å². The third-order valence-corrected chi connectivity index (χ3v) is 3.95. The summed E-state index contributed by atoms with van der Waals surface area (Å²) in [5, 5.41) is 3.72. The molecule has 0 radical (unpaired) electrons. The van der Waals surface area contributed by atoms with Gasteiger partial charge < -0.3 is 9.88 Å². The molecule has 1 fully saturated rings. The van der Waals surface area contributed by atoms with Gasteiger partial charge in [-0.15, -0.1) is 0 Å². The number of nitrogens with one attached hydrogen (secondary N) is 1. The van der Waals surface area contributed by atoms with Gasteiger partial charge in [-0.05, 0) is 19.3 Å². The highest BCUT2D eigenvalue weighted by Gasteiger charge is 2.11. The first-order valence-electron chi connectivity index (χ1n) is 7.62. The molecule has 102 valence electrons. The Kier molecular flexibility index (Phi) is 5.72. The Morgan fingerprint density at radius 3 is 2.78 bits per heavy atom. The van der Waals surface area contributed by atoms with Gasteiger partial charge in [-0.1, -0.05) is 39.0 Å². The Morgan fingerprint density at radius 1 is 1.28 bits per heavy atom. The van der Waals surface area contributed by atoms with E-state index in [0.29, 0.717) is 0 Å². The van der Waals surface area contributed by atoms with Gasteiger partial charge in [0.05, 0.1) is 6.33 Å². The Balaban J connectivity index is 1.72. The second-order valence-electron chi connectivity index (χ2n) is 5.47. The first-order chi connectivity index (χ1) is 8.90. The highest BCUT2D eigenvalue weighted by molar-refractivity contribution is 4.98. The fourth-order valence-corrected chi connectivity index (χ4v) is 2.89. The van der Waals surface area contributed by atoms with Crippen LogP contribution >= 0.6 is 0 Å². The SMILES string of the molecule is CCCc1cncn1CCNC1CCCCCC1. The van der Waals surface area contributed by atoms with Crippen molar-refractivity contribution in [3.8, 4) is 0 Å². The predicted molar refractivity (Wildman–Crippen MR) is 75.7 cm³/mol. The zero-order valence-corrected chi connectivity index (χ0v) is 11.7. The van der Waals surface area contributed by atoms with Crippen LogP contribution < -0.4 is 5.32 Å². The van der Waals surface area contributed by atoms with Crippen LogP contribution in [0, 0.1) is 0 Å². The van der Waals surface area contributed by atoms with Crippen molar-refractivity contribution in [1.29, 1.82) is 0 Å². The first-order valence-corrected chi connectivity index (χ1v) is 7.62. The van der Waals surface area contributed by atoms with Gasteiger partial charge in [-0.2, -0.15) is 0 Å². The average Bonchev–Trinajstić information content (AvgIpc) is 2.65. The molecule has 1 N–H and O–H groups in total. The molecule has 0 saturated heterocycles. The summed E-state index contributed by atoms with van der Waals surface area (Å²) in [6.45, 7) is 4.37. The lowest BCUT2D eigenvalue weighted by atomic mass is 10.1. The number of hydrogen-bond donors (Lipinski definition) is 1. The summed E-state index contributed by atoms with van der Waals surface area (Å²) in [4.78, 5) is 4.26. The minimum atomic E-state index is 0.755. The van der Waals surface area contributed by atoms with E-state index in [1.807, 2.05) is 12.5 Å². The summed E-state index contributed by atoms with van der Waals surface area (Å²) in [7, 11) is 0. The lowest BCUT2D eigenvalue weighted by Crippen LogP contribution is -2.31. The fourth-order valence-electron chi connectivity index (χ4n) is 2.89. The van der Waals surface area contributed by atoms with Crippen LogP contribution in [-0.2, 0) is 13.0 Å². The van der Waals surface area contributed by atoms with E-state index in [4.69, 9.17) is 0 Å². The van der Waals surface area contributed by atoms with E-state index < -0.39 is 0 Å². The standard InChI is InChI=1S/C15H27N3/c1-2-7-15-12-16-13-18(15)11-10-17-14-8-5-3-4-6-9-14/h12-14,17H,2-11H2,1H3. The summed E-state index contributed by atoms with van der Waals surface area (Å²) in [6, 6.07) is 0.755. The summed E-state index contributed by atoms with van der Waals surface area (Å²) in [6.07, 6.45) is 14.7. The quantitative estimate of drug-likeness (QED) is 0.785. The monoisotopic (exact) mass is 249 g/mol. The van der Waals surface area contributed by atoms with E-state index in [1.54, 1.807) is 0 Å². The zero-order valence-electron chi connectivity index (χ0n) is 11.7. The smallest absolute Gasteiger partial charge is 0.0948 e. The van der Waals surface area contributed by atoms with E-state index in [9.17, 15) is 0 Å². The first kappa shape index (κ1) is 13.6. The second kappa shape index (κ2) is 7.57. The van der Waals surface area contributed by atoms with Crippen LogP contribution in [0.5, 0.6) is 0 Å². The van der Waals surface area contributed by atoms with Gasteiger partial charge in [-0.25, -0.2) is 4.98 Å². The van der Waals surface area contributed by atoms with Crippen LogP contribution in [0.25, 0.3) is 0 Å². The summed E-state index contributed by atoms with van der Waals surface area (Å²) in [5.41, 5.74) is 1.38. The van der Waals surface area contributed by atoms with Crippen molar-refractivity contribution in [3.63, 3.8) is 0 Å². The lowest BCUT2D eigenvalue weighted by molar-refractivity contribution is 0.442. The molecule has 2 rings (SSSR count). The van der Waals surface area contributed by atoms with Crippen molar-refractivity contribution in [2.45, 2.75) is 70.9 Å². The number of nitrogens with zero attached hydrogens (tertiary/aromatic N) is 2. The maximum atomic E-state index is 4.26. The van der Waals surface area contributed by atoms with Crippen molar-refractivity contribution in [2.24, 2.45) is 0 Å². The Labute approximate surface area is 111 Å². The van der Waals surface area contributed by atoms with E-state index >= 15 is 0 Å². The van der Waals surface area contributed by atoms with Crippen molar-refractivity contribution >= 4 is 0 Å². The zero-order chi connectivity index (χ0) is 12.6. The molecule has 1 aliphatic carbocycles. The third kappa shape index (κ3) is 4.13. The number of imidazole rings is 1. The molecule has 0 unspecified atom stereocenters. The highest BCUT2D eigenvalue weighted by atomic mass is 15.1. The third-order valence-electron chi connectivity index (χ3n) is 3.95. The fraction of sp³-hybridized carbons (Fsp3) is 0.800. The molecule has 1 saturated carbocycles. The molecule has 0 amide bonds. The van der Waals surface area contributed by atoms with Gasteiger partial charge in [0.2, 0.25) is 0 Å². The van der Waals surface area contributed by atoms with E-state index in [-0.39, 0.29) is 0 Å². The van der Waals surface area contributed by atoms with Gasteiger partial charge >= 0.3 is 0 Å². The molecule has 3 nitrogen and oxygen atoms in total. The van der Waals surface area contributed by atoms with Crippen LogP contribution in [0.3, 0.4) is 0 Å². The van der Waals surface area contributed by atoms with Gasteiger partial charge in [0.25, 0.3) is 0 Å². The molecule has 0 spiro atoms. The van der Waals surface area contributed by atoms with Gasteiger partial charge in [0.1, 0.15) is 0 Å². The van der Waals surface area contributed by atoms with Crippen LogP contribution in [0.1, 0.15) is 57.6 Å². The normalized spacial score (nSPS) is 17.8. The molecule has 0 aromatic carbocycles.